The van der Waals surface area contributed by atoms with E-state index in [0.717, 1.165) is 5.56 Å². The fourth-order valence-electron chi connectivity index (χ4n) is 3.34. The first kappa shape index (κ1) is 22.7. The number of nitrogens with zero attached hydrogens (tertiary/aromatic N) is 1. The van der Waals surface area contributed by atoms with E-state index in [0.29, 0.717) is 18.8 Å². The largest absolute Gasteiger partial charge is 0.509 e. The summed E-state index contributed by atoms with van der Waals surface area (Å²) in [4.78, 5) is 24.9. The molecule has 0 aromatic heterocycles. The van der Waals surface area contributed by atoms with E-state index in [1.807, 2.05) is 0 Å². The van der Waals surface area contributed by atoms with Crippen LogP contribution in [0.1, 0.15) is 12.0 Å². The number of halogens is 1. The van der Waals surface area contributed by atoms with Crippen molar-refractivity contribution in [3.63, 3.8) is 0 Å². The molecule has 4 rings (SSSR count). The van der Waals surface area contributed by atoms with Crippen LogP contribution in [0.4, 0.5) is 9.18 Å². The van der Waals surface area contributed by atoms with E-state index in [1.54, 1.807) is 17.0 Å². The van der Waals surface area contributed by atoms with Crippen molar-refractivity contribution in [2.45, 2.75) is 29.9 Å². The molecule has 0 radical (unpaired) electrons. The summed E-state index contributed by atoms with van der Waals surface area (Å²) in [6.45, 7) is 0.297. The number of hydrazine groups is 1. The van der Waals surface area contributed by atoms with Gasteiger partial charge >= 0.3 is 6.16 Å². The van der Waals surface area contributed by atoms with Gasteiger partial charge in [-0.05, 0) is 48.0 Å². The van der Waals surface area contributed by atoms with Gasteiger partial charge in [-0.3, -0.25) is 10.0 Å². The van der Waals surface area contributed by atoms with E-state index in [1.165, 1.54) is 42.5 Å². The van der Waals surface area contributed by atoms with Crippen LogP contribution in [0.2, 0.25) is 0 Å². The smallest absolute Gasteiger partial charge is 0.493 e. The Labute approximate surface area is 188 Å². The van der Waals surface area contributed by atoms with Crippen molar-refractivity contribution in [3.05, 3.63) is 71.6 Å². The molecule has 0 spiro atoms. The average molecular weight is 478 g/mol. The summed E-state index contributed by atoms with van der Waals surface area (Å²) in [5, 5.41) is 9.80. The van der Waals surface area contributed by atoms with Crippen LogP contribution in [-0.4, -0.2) is 49.7 Å². The summed E-state index contributed by atoms with van der Waals surface area (Å²) >= 11 is 0. The zero-order chi connectivity index (χ0) is 23.6. The number of sulfonamides is 1. The lowest BCUT2D eigenvalue weighted by Crippen LogP contribution is -2.44. The van der Waals surface area contributed by atoms with Gasteiger partial charge in [0.2, 0.25) is 0 Å². The molecule has 2 unspecified atom stereocenters. The molecule has 2 aliphatic rings. The minimum atomic E-state index is -4.28. The summed E-state index contributed by atoms with van der Waals surface area (Å²) in [5.74, 6) is -0.936. The monoisotopic (exact) mass is 478 g/mol. The number of hydroxylamine groups is 1. The number of nitrogens with one attached hydrogen (secondary N) is 1. The Bertz CT molecular complexity index is 1180. The Morgan fingerprint density at radius 1 is 1.15 bits per heavy atom. The summed E-state index contributed by atoms with van der Waals surface area (Å²) in [5.41, 5.74) is 0.922. The number of benzene rings is 2. The van der Waals surface area contributed by atoms with Crippen molar-refractivity contribution in [3.8, 4) is 5.75 Å². The lowest BCUT2D eigenvalue weighted by Gasteiger charge is -2.17. The van der Waals surface area contributed by atoms with Gasteiger partial charge in [-0.1, -0.05) is 17.0 Å². The molecule has 1 aliphatic carbocycles. The van der Waals surface area contributed by atoms with E-state index in [9.17, 15) is 27.6 Å². The summed E-state index contributed by atoms with van der Waals surface area (Å²) in [6.07, 6.45) is -0.470. The SMILES string of the molecule is O=C1OC2C=C(C(=O)N(O)NS(=O)(=O)c3ccc(OCCc4ccc(F)cc4)cc3)CC2O1. The Morgan fingerprint density at radius 3 is 2.52 bits per heavy atom. The number of hydrogen-bond acceptors (Lipinski definition) is 8. The van der Waals surface area contributed by atoms with Gasteiger partial charge in [-0.15, -0.1) is 5.17 Å². The quantitative estimate of drug-likeness (QED) is 0.335. The Morgan fingerprint density at radius 2 is 1.85 bits per heavy atom. The summed E-state index contributed by atoms with van der Waals surface area (Å²) in [7, 11) is -4.28. The van der Waals surface area contributed by atoms with Crippen LogP contribution >= 0.6 is 0 Å². The zero-order valence-electron chi connectivity index (χ0n) is 17.0. The highest BCUT2D eigenvalue weighted by atomic mass is 32.2. The van der Waals surface area contributed by atoms with E-state index >= 15 is 0 Å². The van der Waals surface area contributed by atoms with E-state index < -0.39 is 34.3 Å². The number of carbonyl (C=O) groups excluding carboxylic acids is 2. The molecule has 1 saturated heterocycles. The molecule has 2 N–H and O–H groups in total. The van der Waals surface area contributed by atoms with Crippen molar-refractivity contribution in [2.75, 3.05) is 6.61 Å². The van der Waals surface area contributed by atoms with Gasteiger partial charge in [0.25, 0.3) is 15.9 Å². The summed E-state index contributed by atoms with van der Waals surface area (Å²) in [6, 6.07) is 11.4. The standard InChI is InChI=1S/C21H19FN2O8S/c22-15-3-1-13(2-4-15)9-10-30-16-5-7-17(8-6-16)33(28,29)23-24(27)20(25)14-11-18-19(12-14)32-21(26)31-18/h1-8,11,18-19,23,27H,9-10,12H2. The molecule has 1 fully saturated rings. The van der Waals surface area contributed by atoms with Crippen LogP contribution < -0.4 is 9.57 Å². The van der Waals surface area contributed by atoms with Crippen LogP contribution in [-0.2, 0) is 30.7 Å². The molecule has 10 nitrogen and oxygen atoms in total. The molecule has 2 atom stereocenters. The minimum Gasteiger partial charge on any atom is -0.493 e. The van der Waals surface area contributed by atoms with Crippen molar-refractivity contribution in [1.82, 2.24) is 10.0 Å². The topological polar surface area (TPSA) is 131 Å². The van der Waals surface area contributed by atoms with Crippen LogP contribution in [0.25, 0.3) is 0 Å². The van der Waals surface area contributed by atoms with E-state index in [-0.39, 0.29) is 27.9 Å². The zero-order valence-corrected chi connectivity index (χ0v) is 17.8. The molecule has 1 amide bonds. The number of fused-ring (bicyclic) bond motifs is 1. The van der Waals surface area contributed by atoms with Crippen molar-refractivity contribution < 1.29 is 41.8 Å². The van der Waals surface area contributed by atoms with Gasteiger partial charge in [0, 0.05) is 18.4 Å². The second-order valence-corrected chi connectivity index (χ2v) is 8.95. The number of rotatable bonds is 8. The molecule has 174 valence electrons. The molecule has 2 aromatic rings. The van der Waals surface area contributed by atoms with Gasteiger partial charge in [0.05, 0.1) is 11.5 Å². The van der Waals surface area contributed by atoms with Crippen molar-refractivity contribution >= 4 is 22.1 Å². The highest BCUT2D eigenvalue weighted by Gasteiger charge is 2.43. The van der Waals surface area contributed by atoms with Crippen molar-refractivity contribution in [2.24, 2.45) is 0 Å². The molecular weight excluding hydrogens is 459 g/mol. The summed E-state index contributed by atoms with van der Waals surface area (Å²) < 4.78 is 53.1. The maximum absolute atomic E-state index is 12.9. The third kappa shape index (κ3) is 5.30. The number of carbonyl (C=O) groups is 2. The number of amides is 1. The fourth-order valence-corrected chi connectivity index (χ4v) is 4.25. The molecule has 0 bridgehead atoms. The molecule has 33 heavy (non-hydrogen) atoms. The first-order chi connectivity index (χ1) is 15.7. The molecule has 1 heterocycles. The van der Waals surface area contributed by atoms with Crippen LogP contribution in [0, 0.1) is 5.82 Å². The van der Waals surface area contributed by atoms with Gasteiger partial charge in [-0.25, -0.2) is 17.6 Å². The molecular formula is C21H19FN2O8S. The number of hydrogen-bond donors (Lipinski definition) is 2. The Kier molecular flexibility index (Phi) is 6.31. The van der Waals surface area contributed by atoms with Crippen LogP contribution in [0.15, 0.2) is 65.1 Å². The highest BCUT2D eigenvalue weighted by molar-refractivity contribution is 7.89. The van der Waals surface area contributed by atoms with Gasteiger partial charge in [0.15, 0.2) is 12.2 Å². The highest BCUT2D eigenvalue weighted by Crippen LogP contribution is 2.30. The minimum absolute atomic E-state index is 0.0159. The third-order valence-electron chi connectivity index (χ3n) is 5.01. The first-order valence-electron chi connectivity index (χ1n) is 9.82. The maximum Gasteiger partial charge on any atom is 0.509 e. The Hall–Kier alpha value is -3.48. The second kappa shape index (κ2) is 9.17. The van der Waals surface area contributed by atoms with E-state index in [2.05, 4.69) is 0 Å². The van der Waals surface area contributed by atoms with Gasteiger partial charge in [-0.2, -0.15) is 0 Å². The lowest BCUT2D eigenvalue weighted by molar-refractivity contribution is -0.167. The predicted molar refractivity (Wildman–Crippen MR) is 109 cm³/mol. The van der Waals surface area contributed by atoms with Crippen LogP contribution in [0.3, 0.4) is 0 Å². The van der Waals surface area contributed by atoms with Gasteiger partial charge in [0.1, 0.15) is 11.6 Å². The normalized spacial score (nSPS) is 19.3. The molecule has 12 heteroatoms. The first-order valence-corrected chi connectivity index (χ1v) is 11.3. The second-order valence-electron chi connectivity index (χ2n) is 7.29. The van der Waals surface area contributed by atoms with E-state index in [4.69, 9.17) is 14.2 Å². The average Bonchev–Trinajstić information content (AvgIpc) is 3.32. The Balaban J connectivity index is 1.31. The molecule has 2 aromatic carbocycles. The predicted octanol–water partition coefficient (Wildman–Crippen LogP) is 2.09. The van der Waals surface area contributed by atoms with Crippen LogP contribution in [0.5, 0.6) is 5.75 Å². The lowest BCUT2D eigenvalue weighted by atomic mass is 10.2. The van der Waals surface area contributed by atoms with Crippen molar-refractivity contribution in [1.29, 1.82) is 0 Å². The fraction of sp³-hybridized carbons (Fsp3) is 0.238. The molecule has 0 saturated carbocycles. The van der Waals surface area contributed by atoms with Gasteiger partial charge < -0.3 is 14.2 Å². The maximum atomic E-state index is 12.9. The third-order valence-corrected chi connectivity index (χ3v) is 6.32. The number of ether oxygens (including phenoxy) is 3. The molecule has 1 aliphatic heterocycles.